The molecule has 1 aromatic carbocycles. The number of aryl methyl sites for hydroxylation is 2. The summed E-state index contributed by atoms with van der Waals surface area (Å²) in [5.41, 5.74) is 3.73. The van der Waals surface area contributed by atoms with Gasteiger partial charge in [-0.25, -0.2) is 9.36 Å². The molecule has 0 radical (unpaired) electrons. The molecule has 4 aromatic rings. The van der Waals surface area contributed by atoms with Crippen LogP contribution in [0.5, 0.6) is 0 Å². The van der Waals surface area contributed by atoms with Crippen LogP contribution in [0.4, 0.5) is 0 Å². The molecule has 0 fully saturated rings. The largest absolute Gasteiger partial charge is 0.289 e. The van der Waals surface area contributed by atoms with Crippen molar-refractivity contribution in [1.82, 2.24) is 19.6 Å². The predicted molar refractivity (Wildman–Crippen MR) is 113 cm³/mol. The van der Waals surface area contributed by atoms with Crippen LogP contribution in [0, 0.1) is 25.2 Å². The minimum Gasteiger partial charge on any atom is -0.266 e. The Morgan fingerprint density at radius 3 is 2.55 bits per heavy atom. The van der Waals surface area contributed by atoms with Gasteiger partial charge in [-0.1, -0.05) is 24.3 Å². The highest BCUT2D eigenvalue weighted by Gasteiger charge is 2.18. The molecule has 0 aliphatic heterocycles. The van der Waals surface area contributed by atoms with Gasteiger partial charge >= 0.3 is 0 Å². The van der Waals surface area contributed by atoms with E-state index in [1.807, 2.05) is 67.0 Å². The quantitative estimate of drug-likeness (QED) is 0.369. The van der Waals surface area contributed by atoms with Gasteiger partial charge in [0, 0.05) is 17.5 Å². The maximum Gasteiger partial charge on any atom is 0.289 e. The number of para-hydroxylation sites is 1. The fourth-order valence-electron chi connectivity index (χ4n) is 3.06. The fraction of sp³-hybridized carbons (Fsp3) is 0.0909. The van der Waals surface area contributed by atoms with E-state index in [4.69, 9.17) is 5.10 Å². The summed E-state index contributed by atoms with van der Waals surface area (Å²) in [7, 11) is 0. The highest BCUT2D eigenvalue weighted by atomic mass is 32.1. The van der Waals surface area contributed by atoms with E-state index in [1.54, 1.807) is 35.1 Å². The van der Waals surface area contributed by atoms with Crippen LogP contribution in [0.15, 0.2) is 65.7 Å². The Bertz CT molecular complexity index is 1240. The average Bonchev–Trinajstić information content (AvgIpc) is 3.46. The van der Waals surface area contributed by atoms with Crippen molar-refractivity contribution in [2.45, 2.75) is 13.8 Å². The second-order valence-electron chi connectivity index (χ2n) is 6.50. The lowest BCUT2D eigenvalue weighted by atomic mass is 10.1. The Morgan fingerprint density at radius 1 is 1.14 bits per heavy atom. The number of benzene rings is 1. The van der Waals surface area contributed by atoms with Gasteiger partial charge in [-0.05, 0) is 49.6 Å². The number of nitriles is 1. The molecule has 3 heterocycles. The summed E-state index contributed by atoms with van der Waals surface area (Å²) in [5.74, 6) is -0.456. The molecule has 0 unspecified atom stereocenters. The smallest absolute Gasteiger partial charge is 0.266 e. The topological polar surface area (TPSA) is 76.5 Å². The molecule has 0 amide bonds. The van der Waals surface area contributed by atoms with E-state index in [1.165, 1.54) is 4.68 Å². The first-order valence-corrected chi connectivity index (χ1v) is 9.83. The van der Waals surface area contributed by atoms with Gasteiger partial charge in [0.05, 0.1) is 16.3 Å². The summed E-state index contributed by atoms with van der Waals surface area (Å²) in [4.78, 5) is 13.8. The number of hydrogen-bond donors (Lipinski definition) is 0. The molecule has 4 rings (SSSR count). The highest BCUT2D eigenvalue weighted by molar-refractivity contribution is 7.13. The van der Waals surface area contributed by atoms with Crippen LogP contribution in [-0.4, -0.2) is 25.5 Å². The summed E-state index contributed by atoms with van der Waals surface area (Å²) in [6, 6.07) is 17.4. The van der Waals surface area contributed by atoms with E-state index >= 15 is 0 Å². The normalized spacial score (nSPS) is 11.4. The number of aromatic nitrogens is 4. The molecule has 6 nitrogen and oxygen atoms in total. The van der Waals surface area contributed by atoms with Crippen molar-refractivity contribution in [3.63, 3.8) is 0 Å². The van der Waals surface area contributed by atoms with Crippen molar-refractivity contribution in [2.24, 2.45) is 0 Å². The lowest BCUT2D eigenvalue weighted by molar-refractivity contribution is 0.0944. The van der Waals surface area contributed by atoms with E-state index in [2.05, 4.69) is 5.10 Å². The van der Waals surface area contributed by atoms with Crippen LogP contribution >= 0.6 is 11.3 Å². The number of rotatable bonds is 4. The molecule has 0 N–H and O–H groups in total. The number of nitrogens with zero attached hydrogens (tertiary/aromatic N) is 5. The van der Waals surface area contributed by atoms with Crippen LogP contribution < -0.4 is 0 Å². The van der Waals surface area contributed by atoms with Crippen LogP contribution in [0.1, 0.15) is 21.7 Å². The second-order valence-corrected chi connectivity index (χ2v) is 7.45. The molecular formula is C22H17N5OS. The maximum atomic E-state index is 12.9. The molecular weight excluding hydrogens is 382 g/mol. The van der Waals surface area contributed by atoms with Crippen LogP contribution in [0.3, 0.4) is 0 Å². The second kappa shape index (κ2) is 7.70. The number of thiophene rings is 1. The maximum absolute atomic E-state index is 12.9. The Labute approximate surface area is 172 Å². The Balaban J connectivity index is 1.82. The molecule has 7 heteroatoms. The number of hydrogen-bond acceptors (Lipinski definition) is 5. The first-order chi connectivity index (χ1) is 14.1. The molecule has 0 spiro atoms. The van der Waals surface area contributed by atoms with Gasteiger partial charge in [-0.3, -0.25) is 4.79 Å². The molecule has 142 valence electrons. The van der Waals surface area contributed by atoms with Gasteiger partial charge in [0.25, 0.3) is 5.91 Å². The van der Waals surface area contributed by atoms with E-state index in [0.717, 1.165) is 22.0 Å². The minimum atomic E-state index is -0.456. The average molecular weight is 399 g/mol. The van der Waals surface area contributed by atoms with Crippen molar-refractivity contribution in [3.8, 4) is 22.3 Å². The van der Waals surface area contributed by atoms with Gasteiger partial charge in [0.2, 0.25) is 0 Å². The molecule has 0 saturated carbocycles. The number of carbonyl (C=O) groups excluding carboxylic acids is 1. The number of allylic oxidation sites excluding steroid dienone is 1. The van der Waals surface area contributed by atoms with E-state index in [9.17, 15) is 10.1 Å². The van der Waals surface area contributed by atoms with Gasteiger partial charge in [0.15, 0.2) is 0 Å². The van der Waals surface area contributed by atoms with E-state index in [0.29, 0.717) is 11.3 Å². The molecule has 0 bridgehead atoms. The Hall–Kier alpha value is -3.76. The zero-order valence-electron chi connectivity index (χ0n) is 15.9. The van der Waals surface area contributed by atoms with Gasteiger partial charge in [0.1, 0.15) is 17.3 Å². The summed E-state index contributed by atoms with van der Waals surface area (Å²) in [5, 5.41) is 20.5. The molecule has 0 aliphatic rings. The van der Waals surface area contributed by atoms with Gasteiger partial charge < -0.3 is 0 Å². The van der Waals surface area contributed by atoms with Crippen molar-refractivity contribution in [3.05, 3.63) is 82.6 Å². The zero-order chi connectivity index (χ0) is 20.4. The Kier molecular flexibility index (Phi) is 4.94. The third-order valence-corrected chi connectivity index (χ3v) is 5.25. The van der Waals surface area contributed by atoms with Gasteiger partial charge in [-0.15, -0.1) is 11.3 Å². The molecule has 0 aliphatic carbocycles. The zero-order valence-corrected chi connectivity index (χ0v) is 16.7. The van der Waals surface area contributed by atoms with Crippen molar-refractivity contribution in [1.29, 1.82) is 5.26 Å². The standard InChI is InChI=1S/C22H17N5OS/c1-15-11-16(2)27(24-15)22(28)17(13-23)12-18-14-26(19-7-4-3-5-8-19)25-21(18)20-9-6-10-29-20/h3-12,14H,1-2H3/b17-12+. The van der Waals surface area contributed by atoms with Crippen molar-refractivity contribution >= 4 is 23.3 Å². The SMILES string of the molecule is Cc1cc(C)n(C(=O)/C(C#N)=C/c2cn(-c3ccccc3)nc2-c2cccs2)n1. The van der Waals surface area contributed by atoms with Crippen LogP contribution in [0.2, 0.25) is 0 Å². The lowest BCUT2D eigenvalue weighted by Crippen LogP contribution is -2.15. The van der Waals surface area contributed by atoms with Gasteiger partial charge in [-0.2, -0.15) is 15.5 Å². The van der Waals surface area contributed by atoms with Crippen molar-refractivity contribution < 1.29 is 4.79 Å². The molecule has 0 saturated heterocycles. The highest BCUT2D eigenvalue weighted by Crippen LogP contribution is 2.29. The monoisotopic (exact) mass is 399 g/mol. The van der Waals surface area contributed by atoms with E-state index < -0.39 is 5.91 Å². The summed E-state index contributed by atoms with van der Waals surface area (Å²) in [6.07, 6.45) is 3.41. The lowest BCUT2D eigenvalue weighted by Gasteiger charge is -2.01. The first kappa shape index (κ1) is 18.6. The van der Waals surface area contributed by atoms with Crippen molar-refractivity contribution in [2.75, 3.05) is 0 Å². The third-order valence-electron chi connectivity index (χ3n) is 4.37. The van der Waals surface area contributed by atoms with Crippen LogP contribution in [0.25, 0.3) is 22.3 Å². The molecule has 0 atom stereocenters. The predicted octanol–water partition coefficient (Wildman–Crippen LogP) is 4.66. The minimum absolute atomic E-state index is 0.00150. The fourth-order valence-corrected chi connectivity index (χ4v) is 3.79. The summed E-state index contributed by atoms with van der Waals surface area (Å²) >= 11 is 1.55. The Morgan fingerprint density at radius 2 is 1.93 bits per heavy atom. The number of carbonyl (C=O) groups is 1. The summed E-state index contributed by atoms with van der Waals surface area (Å²) in [6.45, 7) is 3.60. The van der Waals surface area contributed by atoms with Crippen LogP contribution in [-0.2, 0) is 0 Å². The molecule has 3 aromatic heterocycles. The summed E-state index contributed by atoms with van der Waals surface area (Å²) < 4.78 is 3.01. The first-order valence-electron chi connectivity index (χ1n) is 8.95. The third kappa shape index (κ3) is 3.66. The molecule has 29 heavy (non-hydrogen) atoms. The van der Waals surface area contributed by atoms with E-state index in [-0.39, 0.29) is 5.57 Å².